The molecule has 0 aliphatic rings. The number of anilines is 1. The molecule has 4 heterocycles. The number of pyridine rings is 3. The minimum Gasteiger partial charge on any atom is -0.444 e. The molecule has 0 spiro atoms. The maximum atomic E-state index is 14.0. The third kappa shape index (κ3) is 4.86. The number of nitrogens with one attached hydrogen (secondary N) is 1. The Hall–Kier alpha value is -4.02. The van der Waals surface area contributed by atoms with Crippen LogP contribution < -0.4 is 5.32 Å². The Morgan fingerprint density at radius 1 is 1.00 bits per heavy atom. The summed E-state index contributed by atoms with van der Waals surface area (Å²) < 4.78 is 48.1. The Bertz CT molecular complexity index is 1500. The van der Waals surface area contributed by atoms with E-state index >= 15 is 0 Å². The number of halogens is 3. The molecule has 8 nitrogen and oxygen atoms in total. The van der Waals surface area contributed by atoms with Crippen molar-refractivity contribution in [3.8, 4) is 11.1 Å². The molecule has 188 valence electrons. The van der Waals surface area contributed by atoms with Gasteiger partial charge in [0.15, 0.2) is 5.78 Å². The molecular formula is C25H24F3N5O3. The number of imidazole rings is 1. The fraction of sp³-hybridized carbons (Fsp3) is 0.320. The first-order valence-electron chi connectivity index (χ1n) is 11.2. The molecular weight excluding hydrogens is 475 g/mol. The molecule has 0 bridgehead atoms. The molecule has 1 amide bonds. The van der Waals surface area contributed by atoms with Gasteiger partial charge >= 0.3 is 12.3 Å². The Labute approximate surface area is 204 Å². The first-order chi connectivity index (χ1) is 16.8. The van der Waals surface area contributed by atoms with Gasteiger partial charge in [-0.1, -0.05) is 6.92 Å². The van der Waals surface area contributed by atoms with Gasteiger partial charge in [0.2, 0.25) is 0 Å². The number of amides is 1. The second-order valence-corrected chi connectivity index (χ2v) is 9.27. The van der Waals surface area contributed by atoms with E-state index in [-0.39, 0.29) is 34.9 Å². The number of carbonyl (C=O) groups excluding carboxylic acids is 2. The zero-order valence-electron chi connectivity index (χ0n) is 20.3. The second-order valence-electron chi connectivity index (χ2n) is 9.27. The topological polar surface area (TPSA) is 98.5 Å². The molecule has 0 saturated heterocycles. The van der Waals surface area contributed by atoms with Crippen LogP contribution in [0.25, 0.3) is 27.7 Å². The van der Waals surface area contributed by atoms with Crippen molar-refractivity contribution in [2.24, 2.45) is 0 Å². The van der Waals surface area contributed by atoms with Crippen molar-refractivity contribution < 1.29 is 27.5 Å². The number of Topliss-reactive ketones (excluding diaryl/α,β-unsaturated/α-hetero) is 1. The lowest BCUT2D eigenvalue weighted by Crippen LogP contribution is -2.27. The largest absolute Gasteiger partial charge is 0.444 e. The summed E-state index contributed by atoms with van der Waals surface area (Å²) in [5, 5.41) is 2.83. The average molecular weight is 499 g/mol. The third-order valence-electron chi connectivity index (χ3n) is 5.38. The zero-order chi connectivity index (χ0) is 26.4. The Morgan fingerprint density at radius 3 is 2.33 bits per heavy atom. The maximum absolute atomic E-state index is 14.0. The van der Waals surface area contributed by atoms with Gasteiger partial charge < -0.3 is 4.74 Å². The summed E-state index contributed by atoms with van der Waals surface area (Å²) in [7, 11) is 0. The number of ether oxygens (including phenoxy) is 1. The number of hydrogen-bond acceptors (Lipinski definition) is 6. The smallest absolute Gasteiger partial charge is 0.433 e. The molecule has 0 saturated carbocycles. The number of ketones is 1. The highest BCUT2D eigenvalue weighted by Gasteiger charge is 2.36. The lowest BCUT2D eigenvalue weighted by atomic mass is 10.0. The normalized spacial score (nSPS) is 12.2. The van der Waals surface area contributed by atoms with Crippen LogP contribution in [-0.4, -0.2) is 36.8 Å². The molecule has 4 aromatic rings. The summed E-state index contributed by atoms with van der Waals surface area (Å²) in [5.41, 5.74) is 0.317. The van der Waals surface area contributed by atoms with Gasteiger partial charge in [0.1, 0.15) is 28.5 Å². The van der Waals surface area contributed by atoms with Crippen molar-refractivity contribution in [1.82, 2.24) is 19.4 Å². The number of alkyl halides is 3. The maximum Gasteiger partial charge on any atom is 0.433 e. The zero-order valence-corrected chi connectivity index (χ0v) is 20.3. The fourth-order valence-corrected chi connectivity index (χ4v) is 3.81. The molecule has 11 heteroatoms. The van der Waals surface area contributed by atoms with E-state index in [1.54, 1.807) is 46.8 Å². The van der Waals surface area contributed by atoms with Crippen molar-refractivity contribution in [3.05, 3.63) is 53.7 Å². The number of carbonyl (C=O) groups is 2. The van der Waals surface area contributed by atoms with Gasteiger partial charge in [-0.05, 0) is 45.4 Å². The molecule has 0 aliphatic carbocycles. The van der Waals surface area contributed by atoms with Crippen LogP contribution in [0.5, 0.6) is 0 Å². The average Bonchev–Trinajstić information content (AvgIpc) is 3.23. The standard InChI is InChI=1S/C25H24F3N5O3/c1-6-19(34)17-7-13(2)16(11-29-17)15-8-14-10-30-21(32-23(35)36-24(3,4)5)9-18(14)33-20(25(26,27)28)12-31-22(15)33/h7-12H,6H2,1-5H3,(H,30,32,35). The first-order valence-corrected chi connectivity index (χ1v) is 11.2. The van der Waals surface area contributed by atoms with E-state index in [2.05, 4.69) is 20.3 Å². The molecule has 0 atom stereocenters. The molecule has 0 unspecified atom stereocenters. The lowest BCUT2D eigenvalue weighted by Gasteiger charge is -2.19. The molecule has 4 aromatic heterocycles. The number of aryl methyl sites for hydroxylation is 1. The van der Waals surface area contributed by atoms with Crippen LogP contribution in [0, 0.1) is 6.92 Å². The monoisotopic (exact) mass is 499 g/mol. The second kappa shape index (κ2) is 8.89. The van der Waals surface area contributed by atoms with E-state index < -0.39 is 23.6 Å². The SMILES string of the molecule is CCC(=O)c1cc(C)c(-c2cc3cnc(NC(=O)OC(C)(C)C)cc3n3c(C(F)(F)F)cnc23)cn1. The van der Waals surface area contributed by atoms with Crippen molar-refractivity contribution >= 4 is 34.2 Å². The van der Waals surface area contributed by atoms with Crippen molar-refractivity contribution in [2.75, 3.05) is 5.32 Å². The third-order valence-corrected chi connectivity index (χ3v) is 5.38. The predicted octanol–water partition coefficient (Wildman–Crippen LogP) is 6.21. The van der Waals surface area contributed by atoms with Crippen LogP contribution in [0.4, 0.5) is 23.8 Å². The van der Waals surface area contributed by atoms with E-state index in [1.165, 1.54) is 18.5 Å². The number of nitrogens with zero attached hydrogens (tertiary/aromatic N) is 4. The molecule has 0 fully saturated rings. The predicted molar refractivity (Wildman–Crippen MR) is 128 cm³/mol. The summed E-state index contributed by atoms with van der Waals surface area (Å²) >= 11 is 0. The number of rotatable bonds is 4. The Balaban J connectivity index is 1.92. The van der Waals surface area contributed by atoms with Gasteiger partial charge in [0, 0.05) is 41.4 Å². The van der Waals surface area contributed by atoms with Gasteiger partial charge in [-0.15, -0.1) is 0 Å². The van der Waals surface area contributed by atoms with Crippen LogP contribution in [0.15, 0.2) is 36.8 Å². The minimum atomic E-state index is -4.70. The number of hydrogen-bond donors (Lipinski definition) is 1. The molecule has 0 aromatic carbocycles. The summed E-state index contributed by atoms with van der Waals surface area (Å²) in [6.07, 6.45) is -1.61. The van der Waals surface area contributed by atoms with Crippen LogP contribution in [0.2, 0.25) is 0 Å². The molecule has 4 rings (SSSR count). The van der Waals surface area contributed by atoms with Gasteiger partial charge in [0.25, 0.3) is 0 Å². The summed E-state index contributed by atoms with van der Waals surface area (Å²) in [6, 6.07) is 4.61. The first kappa shape index (κ1) is 25.1. The lowest BCUT2D eigenvalue weighted by molar-refractivity contribution is -0.141. The van der Waals surface area contributed by atoms with Gasteiger partial charge in [-0.2, -0.15) is 13.2 Å². The highest BCUT2D eigenvalue weighted by molar-refractivity contribution is 5.97. The van der Waals surface area contributed by atoms with Crippen LogP contribution in [0.3, 0.4) is 0 Å². The Kier molecular flexibility index (Phi) is 6.19. The van der Waals surface area contributed by atoms with Crippen molar-refractivity contribution in [2.45, 2.75) is 52.8 Å². The van der Waals surface area contributed by atoms with Crippen molar-refractivity contribution in [1.29, 1.82) is 0 Å². The molecule has 0 aliphatic heterocycles. The molecule has 1 N–H and O–H groups in total. The number of aromatic nitrogens is 4. The van der Waals surface area contributed by atoms with Crippen LogP contribution in [0.1, 0.15) is 55.9 Å². The quantitative estimate of drug-likeness (QED) is 0.335. The fourth-order valence-electron chi connectivity index (χ4n) is 3.81. The Morgan fingerprint density at radius 2 is 1.72 bits per heavy atom. The van der Waals surface area contributed by atoms with Crippen LogP contribution >= 0.6 is 0 Å². The summed E-state index contributed by atoms with van der Waals surface area (Å²) in [6.45, 7) is 8.54. The van der Waals surface area contributed by atoms with E-state index in [0.717, 1.165) is 10.6 Å². The number of fused-ring (bicyclic) bond motifs is 3. The molecule has 0 radical (unpaired) electrons. The van der Waals surface area contributed by atoms with Crippen LogP contribution in [-0.2, 0) is 10.9 Å². The highest BCUT2D eigenvalue weighted by atomic mass is 19.4. The molecule has 36 heavy (non-hydrogen) atoms. The summed E-state index contributed by atoms with van der Waals surface area (Å²) in [5.74, 6) is -0.115. The van der Waals surface area contributed by atoms with E-state index in [1.807, 2.05) is 0 Å². The highest BCUT2D eigenvalue weighted by Crippen LogP contribution is 2.37. The van der Waals surface area contributed by atoms with Gasteiger partial charge in [0.05, 0.1) is 11.7 Å². The summed E-state index contributed by atoms with van der Waals surface area (Å²) in [4.78, 5) is 36.7. The minimum absolute atomic E-state index is 0.0212. The van der Waals surface area contributed by atoms with E-state index in [0.29, 0.717) is 22.1 Å². The van der Waals surface area contributed by atoms with Gasteiger partial charge in [-0.3, -0.25) is 19.5 Å². The van der Waals surface area contributed by atoms with E-state index in [9.17, 15) is 22.8 Å². The van der Waals surface area contributed by atoms with Crippen molar-refractivity contribution in [3.63, 3.8) is 0 Å². The van der Waals surface area contributed by atoms with E-state index in [4.69, 9.17) is 4.74 Å². The van der Waals surface area contributed by atoms with Gasteiger partial charge in [-0.25, -0.2) is 14.8 Å².